The van der Waals surface area contributed by atoms with Crippen LogP contribution in [0.3, 0.4) is 0 Å². The largest absolute Gasteiger partial charge is 0.482 e. The van der Waals surface area contributed by atoms with Crippen molar-refractivity contribution < 1.29 is 24.5 Å². The Hall–Kier alpha value is -2.60. The Balaban J connectivity index is 1.70. The number of hydrogen-bond acceptors (Lipinski definition) is 5. The van der Waals surface area contributed by atoms with E-state index in [1.165, 1.54) is 0 Å². The van der Waals surface area contributed by atoms with Gasteiger partial charge in [-0.25, -0.2) is 0 Å². The molecule has 0 bridgehead atoms. The van der Waals surface area contributed by atoms with Gasteiger partial charge in [0.05, 0.1) is 25.2 Å². The number of halogens is 1. The number of ether oxygens (including phenoxy) is 2. The molecule has 4 rings (SSSR count). The third kappa shape index (κ3) is 5.38. The van der Waals surface area contributed by atoms with Crippen molar-refractivity contribution in [2.75, 3.05) is 6.61 Å². The first-order valence-electron chi connectivity index (χ1n) is 11.9. The molecule has 0 saturated heterocycles. The quantitative estimate of drug-likeness (QED) is 0.488. The minimum Gasteiger partial charge on any atom is -0.482 e. The molecule has 6 heteroatoms. The number of carbonyl (C=O) groups is 1. The molecule has 0 aromatic heterocycles. The van der Waals surface area contributed by atoms with Crippen molar-refractivity contribution in [3.63, 3.8) is 0 Å². The van der Waals surface area contributed by atoms with Crippen LogP contribution in [-0.2, 0) is 9.53 Å². The van der Waals surface area contributed by atoms with Crippen molar-refractivity contribution in [2.24, 2.45) is 0 Å². The van der Waals surface area contributed by atoms with E-state index in [4.69, 9.17) is 21.1 Å². The van der Waals surface area contributed by atoms with Crippen LogP contribution in [0.5, 0.6) is 5.75 Å². The van der Waals surface area contributed by atoms with E-state index in [2.05, 4.69) is 6.07 Å². The number of aliphatic hydroxyl groups is 2. The maximum atomic E-state index is 11.6. The molecule has 2 aromatic carbocycles. The zero-order valence-corrected chi connectivity index (χ0v) is 20.1. The molecule has 34 heavy (non-hydrogen) atoms. The summed E-state index contributed by atoms with van der Waals surface area (Å²) >= 11 is 6.17. The lowest BCUT2D eigenvalue weighted by molar-refractivity contribution is -0.145. The molecule has 2 atom stereocenters. The average molecular weight is 483 g/mol. The number of esters is 1. The molecule has 0 radical (unpaired) electrons. The first kappa shape index (κ1) is 24.5. The predicted molar refractivity (Wildman–Crippen MR) is 133 cm³/mol. The Bertz CT molecular complexity index is 1070. The highest BCUT2D eigenvalue weighted by atomic mass is 35.5. The fourth-order valence-electron chi connectivity index (χ4n) is 4.94. The van der Waals surface area contributed by atoms with Crippen LogP contribution in [0, 0.1) is 0 Å². The first-order chi connectivity index (χ1) is 16.4. The molecule has 1 aliphatic heterocycles. The highest BCUT2D eigenvalue weighted by molar-refractivity contribution is 6.30. The van der Waals surface area contributed by atoms with Gasteiger partial charge in [-0.3, -0.25) is 4.79 Å². The van der Waals surface area contributed by atoms with Gasteiger partial charge in [-0.1, -0.05) is 54.1 Å². The number of fused-ring (bicyclic) bond motifs is 1. The molecular weight excluding hydrogens is 452 g/mol. The van der Waals surface area contributed by atoms with E-state index in [1.54, 1.807) is 13.0 Å². The van der Waals surface area contributed by atoms with Crippen molar-refractivity contribution in [2.45, 2.75) is 63.3 Å². The van der Waals surface area contributed by atoms with Crippen LogP contribution in [0.1, 0.15) is 56.6 Å². The number of aliphatic hydroxyl groups excluding tert-OH is 2. The highest BCUT2D eigenvalue weighted by Gasteiger charge is 2.44. The fraction of sp³-hybridized carbons (Fsp3) is 0.393. The topological polar surface area (TPSA) is 76.0 Å². The Morgan fingerprint density at radius 1 is 1.15 bits per heavy atom. The van der Waals surface area contributed by atoms with E-state index < -0.39 is 23.8 Å². The van der Waals surface area contributed by atoms with Crippen LogP contribution < -0.4 is 4.74 Å². The predicted octanol–water partition coefficient (Wildman–Crippen LogP) is 5.47. The van der Waals surface area contributed by atoms with E-state index >= 15 is 0 Å². The first-order valence-corrected chi connectivity index (χ1v) is 12.3. The molecule has 180 valence electrons. The lowest BCUT2D eigenvalue weighted by Gasteiger charge is -2.39. The zero-order chi connectivity index (χ0) is 24.1. The second kappa shape index (κ2) is 10.8. The molecule has 2 aliphatic rings. The molecule has 2 aromatic rings. The molecule has 2 unspecified atom stereocenters. The Kier molecular flexibility index (Phi) is 7.77. The summed E-state index contributed by atoms with van der Waals surface area (Å²) in [4.78, 5) is 11.6. The number of hydrogen-bond donors (Lipinski definition) is 2. The normalized spacial score (nSPS) is 18.6. The van der Waals surface area contributed by atoms with Gasteiger partial charge in [0.25, 0.3) is 0 Å². The summed E-state index contributed by atoms with van der Waals surface area (Å²) in [5.74, 6) is 0.387. The van der Waals surface area contributed by atoms with Crippen LogP contribution in [0.2, 0.25) is 5.02 Å². The van der Waals surface area contributed by atoms with Gasteiger partial charge in [0.15, 0.2) is 0 Å². The van der Waals surface area contributed by atoms with E-state index in [1.807, 2.05) is 48.5 Å². The van der Waals surface area contributed by atoms with Crippen LogP contribution in [-0.4, -0.2) is 40.6 Å². The molecular formula is C28H31ClO5. The van der Waals surface area contributed by atoms with Crippen LogP contribution in [0.25, 0.3) is 5.57 Å². The van der Waals surface area contributed by atoms with Gasteiger partial charge in [0, 0.05) is 22.6 Å². The Morgan fingerprint density at radius 3 is 2.56 bits per heavy atom. The third-order valence-corrected chi connectivity index (χ3v) is 6.72. The van der Waals surface area contributed by atoms with Crippen molar-refractivity contribution in [3.8, 4) is 5.75 Å². The molecule has 1 heterocycles. The van der Waals surface area contributed by atoms with Gasteiger partial charge in [-0.2, -0.15) is 0 Å². The van der Waals surface area contributed by atoms with Crippen LogP contribution >= 0.6 is 11.6 Å². The van der Waals surface area contributed by atoms with Crippen molar-refractivity contribution in [1.29, 1.82) is 0 Å². The lowest BCUT2D eigenvalue weighted by atomic mass is 9.79. The van der Waals surface area contributed by atoms with Crippen molar-refractivity contribution in [3.05, 3.63) is 82.4 Å². The van der Waals surface area contributed by atoms with Gasteiger partial charge in [-0.15, -0.1) is 0 Å². The zero-order valence-electron chi connectivity index (χ0n) is 19.4. The summed E-state index contributed by atoms with van der Waals surface area (Å²) in [5.41, 5.74) is 3.64. The monoisotopic (exact) mass is 482 g/mol. The van der Waals surface area contributed by atoms with E-state index in [9.17, 15) is 15.0 Å². The minimum absolute atomic E-state index is 0.0450. The van der Waals surface area contributed by atoms with Gasteiger partial charge >= 0.3 is 5.97 Å². The van der Waals surface area contributed by atoms with E-state index in [0.29, 0.717) is 5.02 Å². The molecule has 1 saturated carbocycles. The van der Waals surface area contributed by atoms with Crippen LogP contribution in [0.4, 0.5) is 0 Å². The fourth-order valence-corrected chi connectivity index (χ4v) is 5.07. The second-order valence-corrected chi connectivity index (χ2v) is 9.36. The highest BCUT2D eigenvalue weighted by Crippen LogP contribution is 2.50. The van der Waals surface area contributed by atoms with E-state index in [-0.39, 0.29) is 19.4 Å². The van der Waals surface area contributed by atoms with Crippen molar-refractivity contribution >= 4 is 23.1 Å². The maximum absolute atomic E-state index is 11.6. The summed E-state index contributed by atoms with van der Waals surface area (Å²) < 4.78 is 11.5. The maximum Gasteiger partial charge on any atom is 0.308 e. The van der Waals surface area contributed by atoms with Gasteiger partial charge in [0.1, 0.15) is 11.4 Å². The van der Waals surface area contributed by atoms with Gasteiger partial charge < -0.3 is 19.7 Å². The second-order valence-electron chi connectivity index (χ2n) is 8.92. The summed E-state index contributed by atoms with van der Waals surface area (Å²) in [7, 11) is 0. The number of para-hydroxylation sites is 1. The summed E-state index contributed by atoms with van der Waals surface area (Å²) in [6, 6.07) is 15.8. The number of rotatable bonds is 8. The summed E-state index contributed by atoms with van der Waals surface area (Å²) in [5, 5.41) is 21.5. The third-order valence-electron chi connectivity index (χ3n) is 6.47. The minimum atomic E-state index is -0.979. The molecule has 2 N–H and O–H groups in total. The Labute approximate surface area is 205 Å². The van der Waals surface area contributed by atoms with Gasteiger partial charge in [-0.05, 0) is 61.9 Å². The summed E-state index contributed by atoms with van der Waals surface area (Å²) in [6.07, 6.45) is 5.54. The molecule has 1 spiro atoms. The standard InChI is InChI=1S/C28H31ClO5/c1-2-33-26(32)18-22(31)17-21(30)13-14-24-27(19-9-11-20(29)12-10-19)23-7-3-4-8-25(23)34-28(24)15-5-6-16-28/h3-4,7-14,21-22,30-31H,2,5-6,15-18H2,1H3/b14-13+. The molecule has 1 fully saturated rings. The van der Waals surface area contributed by atoms with Crippen LogP contribution in [0.15, 0.2) is 66.3 Å². The summed E-state index contributed by atoms with van der Waals surface area (Å²) in [6.45, 7) is 1.98. The number of carbonyl (C=O) groups excluding carboxylic acids is 1. The molecule has 1 aliphatic carbocycles. The number of benzene rings is 2. The lowest BCUT2D eigenvalue weighted by Crippen LogP contribution is -2.38. The van der Waals surface area contributed by atoms with Crippen molar-refractivity contribution in [1.82, 2.24) is 0 Å². The van der Waals surface area contributed by atoms with Gasteiger partial charge in [0.2, 0.25) is 0 Å². The SMILES string of the molecule is CCOC(=O)CC(O)CC(O)/C=C/C1=C(c2ccc(Cl)cc2)c2ccccc2OC12CCCC2. The average Bonchev–Trinajstić information content (AvgIpc) is 3.26. The van der Waals surface area contributed by atoms with E-state index in [0.717, 1.165) is 53.7 Å². The molecule has 0 amide bonds. The molecule has 5 nitrogen and oxygen atoms in total. The smallest absolute Gasteiger partial charge is 0.308 e. The Morgan fingerprint density at radius 2 is 1.85 bits per heavy atom.